The van der Waals surface area contributed by atoms with Crippen LogP contribution in [0.1, 0.15) is 5.56 Å². The summed E-state index contributed by atoms with van der Waals surface area (Å²) >= 11 is 0. The van der Waals surface area contributed by atoms with E-state index in [1.807, 2.05) is 0 Å². The molecule has 1 aromatic rings. The lowest BCUT2D eigenvalue weighted by molar-refractivity contribution is 0.190. The lowest BCUT2D eigenvalue weighted by atomic mass is 10.2. The van der Waals surface area contributed by atoms with Crippen LogP contribution in [0.3, 0.4) is 0 Å². The van der Waals surface area contributed by atoms with Gasteiger partial charge in [-0.2, -0.15) is 17.1 Å². The smallest absolute Gasteiger partial charge is 0.184 e. The van der Waals surface area contributed by atoms with Crippen molar-refractivity contribution in [1.82, 2.24) is 9.33 Å². The molecule has 1 aliphatic heterocycles. The zero-order valence-corrected chi connectivity index (χ0v) is 11.6. The minimum Gasteiger partial charge on any atom is -0.184 e. The average Bonchev–Trinajstić information content (AvgIpc) is 2.42. The van der Waals surface area contributed by atoms with Crippen LogP contribution >= 0.6 is 24.6 Å². The fourth-order valence-corrected chi connectivity index (χ4v) is 5.73. The molecule has 0 bridgehead atoms. The Hall–Kier alpha value is -0.560. The first-order chi connectivity index (χ1) is 8.94. The maximum Gasteiger partial charge on any atom is 0.323 e. The molecule has 11 heteroatoms. The van der Waals surface area contributed by atoms with Crippen LogP contribution in [0.5, 0.6) is 0 Å². The fraction of sp³-hybridized carbons (Fsp3) is 0. The Balaban J connectivity index is 2.38. The predicted octanol–water partition coefficient (Wildman–Crippen LogP) is 5.78. The van der Waals surface area contributed by atoms with E-state index in [-0.39, 0.29) is 0 Å². The van der Waals surface area contributed by atoms with Gasteiger partial charge < -0.3 is 0 Å². The van der Waals surface area contributed by atoms with Crippen molar-refractivity contribution in [3.63, 3.8) is 0 Å². The molecule has 102 valence electrons. The molecule has 0 radical (unpaired) electrons. The molecule has 3 nitrogen and oxygen atoms in total. The number of benzene rings is 1. The average molecular weight is 331 g/mol. The number of halogens is 5. The molecule has 0 aliphatic carbocycles. The molecular weight excluding hydrogens is 326 g/mol. The highest BCUT2D eigenvalue weighted by molar-refractivity contribution is 7.81. The largest absolute Gasteiger partial charge is 0.323 e. The highest BCUT2D eigenvalue weighted by Crippen LogP contribution is 2.79. The molecule has 2 rings (SSSR count). The van der Waals surface area contributed by atoms with Crippen molar-refractivity contribution in [3.8, 4) is 11.6 Å². The van der Waals surface area contributed by atoms with E-state index in [1.54, 1.807) is 23.9 Å². The lowest BCUT2D eigenvalue weighted by Crippen LogP contribution is -2.10. The second-order valence-electron chi connectivity index (χ2n) is 3.18. The summed E-state index contributed by atoms with van der Waals surface area (Å²) in [7, 11) is -12.2. The van der Waals surface area contributed by atoms with Crippen LogP contribution in [0.25, 0.3) is 0 Å². The summed E-state index contributed by atoms with van der Waals surface area (Å²) in [4.78, 5) is 0. The third kappa shape index (κ3) is 3.13. The van der Waals surface area contributed by atoms with Crippen molar-refractivity contribution in [2.45, 2.75) is 0 Å². The number of nitrogens with zero attached hydrogens (tertiary/aromatic N) is 3. The van der Waals surface area contributed by atoms with Crippen molar-refractivity contribution in [2.75, 3.05) is 0 Å². The van der Waals surface area contributed by atoms with Crippen LogP contribution < -0.4 is 0 Å². The summed E-state index contributed by atoms with van der Waals surface area (Å²) in [6.07, 6.45) is 0. The number of hydrogen-bond donors (Lipinski definition) is 0. The zero-order valence-electron chi connectivity index (χ0n) is 8.96. The molecule has 3 atom stereocenters. The van der Waals surface area contributed by atoms with Crippen LogP contribution in [-0.2, 0) is 0 Å². The van der Waals surface area contributed by atoms with Gasteiger partial charge in [0.1, 0.15) is 0 Å². The molecule has 0 fully saturated rings. The molecule has 0 N–H and O–H groups in total. The maximum absolute atomic E-state index is 14.0. The van der Waals surface area contributed by atoms with E-state index in [4.69, 9.17) is 0 Å². The first-order valence-corrected chi connectivity index (χ1v) is 8.54. The molecule has 3 unspecified atom stereocenters. The third-order valence-electron chi connectivity index (χ3n) is 1.94. The van der Waals surface area contributed by atoms with Gasteiger partial charge in [0.25, 0.3) is 0 Å². The van der Waals surface area contributed by atoms with Gasteiger partial charge in [0, 0.05) is 10.2 Å². The second kappa shape index (κ2) is 5.83. The fourth-order valence-electron chi connectivity index (χ4n) is 1.10. The highest BCUT2D eigenvalue weighted by atomic mass is 31.3. The molecule has 1 aromatic carbocycles. The summed E-state index contributed by atoms with van der Waals surface area (Å²) in [6.45, 7) is 0. The second-order valence-corrected chi connectivity index (χ2v) is 8.17. The predicted molar refractivity (Wildman–Crippen MR) is 65.7 cm³/mol. The topological polar surface area (TPSA) is 18.8 Å². The molecule has 0 aromatic heterocycles. The van der Waals surface area contributed by atoms with E-state index in [0.717, 1.165) is 0 Å². The minimum atomic E-state index is -4.81. The summed E-state index contributed by atoms with van der Waals surface area (Å²) < 4.78 is 66.6. The summed E-state index contributed by atoms with van der Waals surface area (Å²) in [5, 5.41) is 0. The molecule has 19 heavy (non-hydrogen) atoms. The van der Waals surface area contributed by atoms with Gasteiger partial charge in [-0.15, -0.1) is 8.96 Å². The van der Waals surface area contributed by atoms with Crippen molar-refractivity contribution in [3.05, 3.63) is 35.9 Å². The van der Waals surface area contributed by atoms with Gasteiger partial charge in [0.05, 0.1) is 0 Å². The van der Waals surface area contributed by atoms with Gasteiger partial charge in [-0.25, -0.2) is 0 Å². The van der Waals surface area contributed by atoms with Gasteiger partial charge in [-0.05, 0) is 22.5 Å². The number of rotatable bonds is 0. The molecule has 0 saturated carbocycles. The van der Waals surface area contributed by atoms with E-state index in [2.05, 4.69) is 10.4 Å². The SMILES string of the molecule is FN1P(F)N=P(F)(C#Cc2ccccc2)N(F)P1F. The first kappa shape index (κ1) is 14.8. The van der Waals surface area contributed by atoms with Crippen LogP contribution in [0.2, 0.25) is 0 Å². The van der Waals surface area contributed by atoms with Gasteiger partial charge in [-0.3, -0.25) is 0 Å². The summed E-state index contributed by atoms with van der Waals surface area (Å²) in [5.74, 6) is 2.24. The van der Waals surface area contributed by atoms with E-state index in [9.17, 15) is 21.6 Å². The quantitative estimate of drug-likeness (QED) is 0.260. The van der Waals surface area contributed by atoms with Crippen LogP contribution in [-0.4, -0.2) is 9.33 Å². The molecule has 0 amide bonds. The Bertz CT molecular complexity index is 574. The van der Waals surface area contributed by atoms with Crippen molar-refractivity contribution < 1.29 is 21.6 Å². The third-order valence-corrected chi connectivity index (χ3v) is 7.17. The van der Waals surface area contributed by atoms with Gasteiger partial charge in [0.15, 0.2) is 0 Å². The van der Waals surface area contributed by atoms with E-state index < -0.39 is 33.9 Å². The summed E-state index contributed by atoms with van der Waals surface area (Å²) in [5.41, 5.74) is 2.11. The standard InChI is InChI=1S/C8H5F5N3P3/c9-15-17(11)14-19(13,16(10)18(15)12)7-6-8-4-2-1-3-5-8/h1-5H. The van der Waals surface area contributed by atoms with Crippen LogP contribution in [0.15, 0.2) is 34.8 Å². The molecule has 0 saturated heterocycles. The van der Waals surface area contributed by atoms with E-state index in [1.165, 1.54) is 12.1 Å². The van der Waals surface area contributed by atoms with Gasteiger partial charge >= 0.3 is 24.6 Å². The maximum atomic E-state index is 14.0. The lowest BCUT2D eigenvalue weighted by Gasteiger charge is -2.27. The molecule has 1 aliphatic rings. The van der Waals surface area contributed by atoms with Gasteiger partial charge in [-0.1, -0.05) is 24.1 Å². The Labute approximate surface area is 108 Å². The van der Waals surface area contributed by atoms with Crippen molar-refractivity contribution in [1.29, 1.82) is 0 Å². The molecular formula is C8H5F5N3P3. The molecule has 0 spiro atoms. The number of hydrogen-bond acceptors (Lipinski definition) is 3. The summed E-state index contributed by atoms with van der Waals surface area (Å²) in [6, 6.07) is 7.89. The normalized spacial score (nSPS) is 32.3. The van der Waals surface area contributed by atoms with E-state index >= 15 is 0 Å². The highest BCUT2D eigenvalue weighted by Gasteiger charge is 2.49. The Morgan fingerprint density at radius 1 is 1.16 bits per heavy atom. The van der Waals surface area contributed by atoms with E-state index in [0.29, 0.717) is 5.56 Å². The van der Waals surface area contributed by atoms with Crippen LogP contribution in [0, 0.1) is 11.6 Å². The van der Waals surface area contributed by atoms with Crippen molar-refractivity contribution in [2.24, 2.45) is 4.52 Å². The van der Waals surface area contributed by atoms with Crippen molar-refractivity contribution >= 4 is 24.6 Å². The molecule has 1 heterocycles. The zero-order chi connectivity index (χ0) is 14.0. The van der Waals surface area contributed by atoms with Gasteiger partial charge in [0.2, 0.25) is 0 Å². The first-order valence-electron chi connectivity index (χ1n) is 4.68. The monoisotopic (exact) mass is 331 g/mol. The van der Waals surface area contributed by atoms with Crippen LogP contribution in [0.4, 0.5) is 21.6 Å². The Morgan fingerprint density at radius 3 is 2.42 bits per heavy atom. The Kier molecular flexibility index (Phi) is 4.55. The Morgan fingerprint density at radius 2 is 1.79 bits per heavy atom. The minimum absolute atomic E-state index is 0.331.